The van der Waals surface area contributed by atoms with E-state index in [9.17, 15) is 13.2 Å². The first kappa shape index (κ1) is 17.8. The van der Waals surface area contributed by atoms with Gasteiger partial charge >= 0.3 is 0 Å². The van der Waals surface area contributed by atoms with E-state index in [4.69, 9.17) is 9.47 Å². The Hall–Kier alpha value is -2.00. The number of hydrogen-bond donors (Lipinski definition) is 0. The quantitative estimate of drug-likeness (QED) is 0.745. The number of sulfonamides is 1. The van der Waals surface area contributed by atoms with Crippen LogP contribution < -0.4 is 13.8 Å². The van der Waals surface area contributed by atoms with Gasteiger partial charge in [0.15, 0.2) is 11.5 Å². The van der Waals surface area contributed by atoms with Gasteiger partial charge in [-0.2, -0.15) is 0 Å². The van der Waals surface area contributed by atoms with Gasteiger partial charge in [0, 0.05) is 32.2 Å². The highest BCUT2D eigenvalue weighted by Crippen LogP contribution is 2.36. The molecule has 3 rings (SSSR count). The molecule has 2 aliphatic heterocycles. The molecule has 0 atom stereocenters. The fraction of sp³-hybridized carbons (Fsp3) is 0.562. The molecule has 1 saturated heterocycles. The van der Waals surface area contributed by atoms with E-state index >= 15 is 0 Å². The van der Waals surface area contributed by atoms with E-state index in [0.29, 0.717) is 30.3 Å². The number of piperazine rings is 1. The predicted molar refractivity (Wildman–Crippen MR) is 93.4 cm³/mol. The Morgan fingerprint density at radius 2 is 1.84 bits per heavy atom. The zero-order chi connectivity index (χ0) is 18.0. The van der Waals surface area contributed by atoms with Crippen molar-refractivity contribution in [1.29, 1.82) is 0 Å². The SMILES string of the molecule is CCS(=O)(=O)N(CC(=O)N1CCN(C)CC1)c1ccc2c(c1)OCO2. The molecule has 2 aliphatic rings. The van der Waals surface area contributed by atoms with Gasteiger partial charge in [0.05, 0.1) is 11.4 Å². The summed E-state index contributed by atoms with van der Waals surface area (Å²) < 4.78 is 36.8. The van der Waals surface area contributed by atoms with Crippen LogP contribution in [0, 0.1) is 0 Å². The molecule has 0 unspecified atom stereocenters. The second-order valence-corrected chi connectivity index (χ2v) is 8.31. The molecule has 1 fully saturated rings. The Labute approximate surface area is 147 Å². The number of carbonyl (C=O) groups is 1. The third-order valence-corrected chi connectivity index (χ3v) is 6.22. The number of rotatable bonds is 5. The number of anilines is 1. The number of nitrogens with zero attached hydrogens (tertiary/aromatic N) is 3. The van der Waals surface area contributed by atoms with Crippen molar-refractivity contribution < 1.29 is 22.7 Å². The molecular formula is C16H23N3O5S. The molecule has 0 spiro atoms. The standard InChI is InChI=1S/C16H23N3O5S/c1-3-25(21,22)19(11-16(20)18-8-6-17(2)7-9-18)13-4-5-14-15(10-13)24-12-23-14/h4-5,10H,3,6-9,11-12H2,1-2H3. The average molecular weight is 369 g/mol. The lowest BCUT2D eigenvalue weighted by molar-refractivity contribution is -0.131. The molecule has 2 heterocycles. The van der Waals surface area contributed by atoms with Gasteiger partial charge in [-0.15, -0.1) is 0 Å². The summed E-state index contributed by atoms with van der Waals surface area (Å²) in [5, 5.41) is 0. The number of benzene rings is 1. The molecule has 1 amide bonds. The lowest BCUT2D eigenvalue weighted by Crippen LogP contribution is -2.51. The Bertz CT molecular complexity index is 744. The molecular weight excluding hydrogens is 346 g/mol. The largest absolute Gasteiger partial charge is 0.454 e. The topological polar surface area (TPSA) is 79.4 Å². The summed E-state index contributed by atoms with van der Waals surface area (Å²) in [5.41, 5.74) is 0.411. The molecule has 0 radical (unpaired) electrons. The van der Waals surface area contributed by atoms with E-state index in [2.05, 4.69) is 4.90 Å². The van der Waals surface area contributed by atoms with Crippen molar-refractivity contribution in [2.45, 2.75) is 6.92 Å². The van der Waals surface area contributed by atoms with Crippen molar-refractivity contribution in [3.8, 4) is 11.5 Å². The summed E-state index contributed by atoms with van der Waals surface area (Å²) in [6.45, 7) is 4.26. The monoisotopic (exact) mass is 369 g/mol. The fourth-order valence-electron chi connectivity index (χ4n) is 2.83. The Morgan fingerprint density at radius 3 is 2.52 bits per heavy atom. The molecule has 1 aromatic rings. The van der Waals surface area contributed by atoms with Gasteiger partial charge in [-0.1, -0.05) is 0 Å². The smallest absolute Gasteiger partial charge is 0.243 e. The summed E-state index contributed by atoms with van der Waals surface area (Å²) in [5.74, 6) is 0.781. The average Bonchev–Trinajstić information content (AvgIpc) is 3.07. The summed E-state index contributed by atoms with van der Waals surface area (Å²) in [4.78, 5) is 16.5. The molecule has 8 nitrogen and oxygen atoms in total. The van der Waals surface area contributed by atoms with Gasteiger partial charge in [-0.3, -0.25) is 9.10 Å². The Kier molecular flexibility index (Phi) is 5.05. The predicted octanol–water partition coefficient (Wildman–Crippen LogP) is 0.345. The highest BCUT2D eigenvalue weighted by molar-refractivity contribution is 7.92. The van der Waals surface area contributed by atoms with Crippen molar-refractivity contribution in [3.63, 3.8) is 0 Å². The van der Waals surface area contributed by atoms with Gasteiger partial charge in [0.25, 0.3) is 0 Å². The maximum Gasteiger partial charge on any atom is 0.243 e. The molecule has 0 saturated carbocycles. The minimum atomic E-state index is -3.60. The molecule has 0 N–H and O–H groups in total. The number of hydrogen-bond acceptors (Lipinski definition) is 6. The van der Waals surface area contributed by atoms with Crippen LogP contribution >= 0.6 is 0 Å². The van der Waals surface area contributed by atoms with Crippen LogP contribution in [0.25, 0.3) is 0 Å². The molecule has 9 heteroatoms. The van der Waals surface area contributed by atoms with E-state index in [1.54, 1.807) is 30.0 Å². The van der Waals surface area contributed by atoms with E-state index in [0.717, 1.165) is 17.4 Å². The number of ether oxygens (including phenoxy) is 2. The van der Waals surface area contributed by atoms with Gasteiger partial charge in [0.1, 0.15) is 6.54 Å². The first-order valence-electron chi connectivity index (χ1n) is 8.27. The molecule has 0 aromatic heterocycles. The van der Waals surface area contributed by atoms with Crippen LogP contribution in [0.5, 0.6) is 11.5 Å². The highest BCUT2D eigenvalue weighted by atomic mass is 32.2. The van der Waals surface area contributed by atoms with Gasteiger partial charge in [0.2, 0.25) is 22.7 Å². The van der Waals surface area contributed by atoms with Crippen molar-refractivity contribution >= 4 is 21.6 Å². The maximum absolute atomic E-state index is 12.6. The van der Waals surface area contributed by atoms with Gasteiger partial charge in [-0.25, -0.2) is 8.42 Å². The minimum Gasteiger partial charge on any atom is -0.454 e. The Balaban J connectivity index is 1.82. The van der Waals surface area contributed by atoms with E-state index in [-0.39, 0.29) is 25.0 Å². The third kappa shape index (κ3) is 3.82. The Morgan fingerprint density at radius 1 is 1.16 bits per heavy atom. The maximum atomic E-state index is 12.6. The molecule has 138 valence electrons. The number of fused-ring (bicyclic) bond motifs is 1. The second kappa shape index (κ2) is 7.09. The molecule has 1 aromatic carbocycles. The van der Waals surface area contributed by atoms with Crippen LogP contribution in [0.15, 0.2) is 18.2 Å². The van der Waals surface area contributed by atoms with Crippen molar-refractivity contribution in [1.82, 2.24) is 9.80 Å². The number of amides is 1. The van der Waals surface area contributed by atoms with Gasteiger partial charge in [-0.05, 0) is 26.1 Å². The summed E-state index contributed by atoms with van der Waals surface area (Å²) in [6.07, 6.45) is 0. The van der Waals surface area contributed by atoms with E-state index in [1.165, 1.54) is 0 Å². The van der Waals surface area contributed by atoms with E-state index < -0.39 is 10.0 Å². The van der Waals surface area contributed by atoms with Gasteiger partial charge < -0.3 is 19.3 Å². The zero-order valence-corrected chi connectivity index (χ0v) is 15.3. The molecule has 25 heavy (non-hydrogen) atoms. The van der Waals surface area contributed by atoms with E-state index in [1.807, 2.05) is 7.05 Å². The second-order valence-electron chi connectivity index (χ2n) is 6.13. The van der Waals surface area contributed by atoms with Crippen LogP contribution in [-0.2, 0) is 14.8 Å². The number of carbonyl (C=O) groups excluding carboxylic acids is 1. The van der Waals surface area contributed by atoms with Crippen molar-refractivity contribution in [2.75, 3.05) is 56.6 Å². The summed E-state index contributed by atoms with van der Waals surface area (Å²) in [7, 11) is -1.59. The van der Waals surface area contributed by atoms with Crippen LogP contribution in [0.1, 0.15) is 6.92 Å². The third-order valence-electron chi connectivity index (χ3n) is 4.48. The fourth-order valence-corrected chi connectivity index (χ4v) is 3.88. The lowest BCUT2D eigenvalue weighted by Gasteiger charge is -2.34. The van der Waals surface area contributed by atoms with Crippen LogP contribution in [0.3, 0.4) is 0 Å². The normalized spacial score (nSPS) is 17.6. The molecule has 0 aliphatic carbocycles. The van der Waals surface area contributed by atoms with Crippen molar-refractivity contribution in [3.05, 3.63) is 18.2 Å². The summed E-state index contributed by atoms with van der Waals surface area (Å²) >= 11 is 0. The first-order chi connectivity index (χ1) is 11.9. The first-order valence-corrected chi connectivity index (χ1v) is 9.88. The lowest BCUT2D eigenvalue weighted by atomic mass is 10.2. The van der Waals surface area contributed by atoms with Crippen LogP contribution in [0.2, 0.25) is 0 Å². The summed E-state index contributed by atoms with van der Waals surface area (Å²) in [6, 6.07) is 4.90. The highest BCUT2D eigenvalue weighted by Gasteiger charge is 2.28. The molecule has 0 bridgehead atoms. The number of likely N-dealkylation sites (N-methyl/N-ethyl adjacent to an activating group) is 1. The van der Waals surface area contributed by atoms with Crippen LogP contribution in [0.4, 0.5) is 5.69 Å². The van der Waals surface area contributed by atoms with Crippen LogP contribution in [-0.4, -0.2) is 76.4 Å². The minimum absolute atomic E-state index is 0.0859. The zero-order valence-electron chi connectivity index (χ0n) is 14.5. The van der Waals surface area contributed by atoms with Crippen molar-refractivity contribution in [2.24, 2.45) is 0 Å².